The summed E-state index contributed by atoms with van der Waals surface area (Å²) < 4.78 is 27.8. The lowest BCUT2D eigenvalue weighted by Crippen LogP contribution is -2.32. The van der Waals surface area contributed by atoms with Gasteiger partial charge in [-0.1, -0.05) is 13.8 Å². The van der Waals surface area contributed by atoms with E-state index in [0.717, 1.165) is 24.1 Å². The van der Waals surface area contributed by atoms with Gasteiger partial charge in [-0.25, -0.2) is 8.42 Å². The molecule has 20 heavy (non-hydrogen) atoms. The zero-order chi connectivity index (χ0) is 15.0. The van der Waals surface area contributed by atoms with Crippen molar-refractivity contribution in [3.63, 3.8) is 0 Å². The van der Waals surface area contributed by atoms with Crippen molar-refractivity contribution in [2.45, 2.75) is 44.6 Å². The molecule has 1 aliphatic heterocycles. The minimum absolute atomic E-state index is 0.221. The Morgan fingerprint density at radius 1 is 1.40 bits per heavy atom. The second-order valence-corrected chi connectivity index (χ2v) is 10.3. The summed E-state index contributed by atoms with van der Waals surface area (Å²) in [7, 11) is -3.41. The lowest BCUT2D eigenvalue weighted by Gasteiger charge is -2.23. The van der Waals surface area contributed by atoms with Gasteiger partial charge in [0.15, 0.2) is 0 Å². The molecule has 0 radical (unpaired) electrons. The quantitative estimate of drug-likeness (QED) is 0.875. The molecule has 1 aromatic heterocycles. The van der Waals surface area contributed by atoms with Crippen molar-refractivity contribution in [2.24, 2.45) is 11.1 Å². The number of nitrogens with zero attached hydrogens (tertiary/aromatic N) is 1. The molecule has 7 heteroatoms. The molecule has 2 rings (SSSR count). The van der Waals surface area contributed by atoms with E-state index in [-0.39, 0.29) is 5.41 Å². The number of hydrogen-bond acceptors (Lipinski definition) is 4. The molecule has 0 aliphatic carbocycles. The van der Waals surface area contributed by atoms with Gasteiger partial charge in [-0.3, -0.25) is 0 Å². The minimum atomic E-state index is -3.41. The molecule has 114 valence electrons. The fourth-order valence-corrected chi connectivity index (χ4v) is 6.44. The van der Waals surface area contributed by atoms with Crippen LogP contribution in [-0.2, 0) is 16.6 Å². The third kappa shape index (κ3) is 3.44. The lowest BCUT2D eigenvalue weighted by atomic mass is 9.85. The van der Waals surface area contributed by atoms with Gasteiger partial charge in [0, 0.05) is 24.5 Å². The molecule has 0 atom stereocenters. The van der Waals surface area contributed by atoms with E-state index in [2.05, 4.69) is 29.8 Å². The molecule has 2 heterocycles. The molecule has 2 N–H and O–H groups in total. The van der Waals surface area contributed by atoms with Crippen LogP contribution in [0.2, 0.25) is 0 Å². The average molecular weight is 381 g/mol. The van der Waals surface area contributed by atoms with E-state index in [1.807, 2.05) is 0 Å². The summed E-state index contributed by atoms with van der Waals surface area (Å²) in [4.78, 5) is 1.24. The van der Waals surface area contributed by atoms with Gasteiger partial charge >= 0.3 is 0 Å². The maximum atomic E-state index is 12.8. The van der Waals surface area contributed by atoms with Gasteiger partial charge < -0.3 is 5.73 Å². The third-order valence-corrected chi connectivity index (χ3v) is 8.00. The van der Waals surface area contributed by atoms with Crippen molar-refractivity contribution in [3.05, 3.63) is 14.7 Å². The van der Waals surface area contributed by atoms with E-state index in [1.54, 1.807) is 10.4 Å². The highest BCUT2D eigenvalue weighted by Gasteiger charge is 2.32. The topological polar surface area (TPSA) is 63.4 Å². The molecule has 1 fully saturated rings. The maximum absolute atomic E-state index is 12.8. The third-order valence-electron chi connectivity index (χ3n) is 3.82. The highest BCUT2D eigenvalue weighted by atomic mass is 79.9. The second kappa shape index (κ2) is 6.04. The molecule has 0 aromatic carbocycles. The molecule has 0 unspecified atom stereocenters. The van der Waals surface area contributed by atoms with Crippen LogP contribution in [0.25, 0.3) is 0 Å². The first-order valence-corrected chi connectivity index (χ1v) is 9.80. The zero-order valence-electron chi connectivity index (χ0n) is 11.9. The van der Waals surface area contributed by atoms with Crippen molar-refractivity contribution in [3.8, 4) is 0 Å². The highest BCUT2D eigenvalue weighted by molar-refractivity contribution is 9.11. The zero-order valence-corrected chi connectivity index (χ0v) is 15.1. The van der Waals surface area contributed by atoms with E-state index in [4.69, 9.17) is 5.73 Å². The normalized spacial score (nSPS) is 20.8. The Morgan fingerprint density at radius 3 is 2.70 bits per heavy atom. The molecule has 4 nitrogen and oxygen atoms in total. The fraction of sp³-hybridized carbons (Fsp3) is 0.692. The van der Waals surface area contributed by atoms with Gasteiger partial charge in [-0.05, 0) is 46.7 Å². The second-order valence-electron chi connectivity index (χ2n) is 5.98. The molecular weight excluding hydrogens is 360 g/mol. The number of sulfonamides is 1. The van der Waals surface area contributed by atoms with E-state index in [9.17, 15) is 8.42 Å². The van der Waals surface area contributed by atoms with E-state index in [1.165, 1.54) is 11.3 Å². The van der Waals surface area contributed by atoms with Crippen molar-refractivity contribution in [2.75, 3.05) is 13.1 Å². The number of hydrogen-bond donors (Lipinski definition) is 1. The lowest BCUT2D eigenvalue weighted by molar-refractivity contribution is 0.315. The standard InChI is InChI=1S/C13H21BrN2O2S2/c1-13(2)4-3-6-16(7-5-13)20(17,18)11-8-10(9-15)19-12(11)14/h8H,3-7,9,15H2,1-2H3. The Balaban J connectivity index is 2.28. The Kier molecular flexibility index (Phi) is 4.96. The van der Waals surface area contributed by atoms with Gasteiger partial charge in [0.2, 0.25) is 10.0 Å². The van der Waals surface area contributed by atoms with Crippen LogP contribution in [-0.4, -0.2) is 25.8 Å². The molecule has 1 aromatic rings. The van der Waals surface area contributed by atoms with Gasteiger partial charge in [0.25, 0.3) is 0 Å². The van der Waals surface area contributed by atoms with Crippen LogP contribution in [0.3, 0.4) is 0 Å². The Labute approximate surface area is 133 Å². The molecule has 1 aliphatic rings. The van der Waals surface area contributed by atoms with Gasteiger partial charge in [0.05, 0.1) is 3.79 Å². The van der Waals surface area contributed by atoms with Crippen molar-refractivity contribution in [1.29, 1.82) is 0 Å². The van der Waals surface area contributed by atoms with E-state index < -0.39 is 10.0 Å². The van der Waals surface area contributed by atoms with Crippen molar-refractivity contribution < 1.29 is 8.42 Å². The van der Waals surface area contributed by atoms with Crippen LogP contribution in [0.5, 0.6) is 0 Å². The summed E-state index contributed by atoms with van der Waals surface area (Å²) in [6.45, 7) is 5.97. The molecule has 0 amide bonds. The summed E-state index contributed by atoms with van der Waals surface area (Å²) in [6.07, 6.45) is 2.88. The van der Waals surface area contributed by atoms with Crippen LogP contribution < -0.4 is 5.73 Å². The molecule has 0 bridgehead atoms. The molecular formula is C13H21BrN2O2S2. The number of halogens is 1. The Hall–Kier alpha value is 0.0500. The summed E-state index contributed by atoms with van der Waals surface area (Å²) >= 11 is 4.76. The van der Waals surface area contributed by atoms with Crippen molar-refractivity contribution in [1.82, 2.24) is 4.31 Å². The number of nitrogens with two attached hydrogens (primary N) is 1. The predicted molar refractivity (Wildman–Crippen MR) is 86.3 cm³/mol. The maximum Gasteiger partial charge on any atom is 0.245 e. The Morgan fingerprint density at radius 2 is 2.10 bits per heavy atom. The first-order valence-electron chi connectivity index (χ1n) is 6.75. The van der Waals surface area contributed by atoms with Crippen molar-refractivity contribution >= 4 is 37.3 Å². The summed E-state index contributed by atoms with van der Waals surface area (Å²) in [5.74, 6) is 0. The fourth-order valence-electron chi connectivity index (χ4n) is 2.45. The van der Waals surface area contributed by atoms with E-state index >= 15 is 0 Å². The van der Waals surface area contributed by atoms with Crippen LogP contribution in [0.1, 0.15) is 38.0 Å². The SMILES string of the molecule is CC1(C)CCCN(S(=O)(=O)c2cc(CN)sc2Br)CC1. The van der Waals surface area contributed by atoms with Gasteiger partial charge in [-0.15, -0.1) is 11.3 Å². The Bertz CT molecular complexity index is 581. The molecule has 1 saturated heterocycles. The molecule has 0 saturated carbocycles. The smallest absolute Gasteiger partial charge is 0.245 e. The van der Waals surface area contributed by atoms with Crippen LogP contribution in [0.15, 0.2) is 14.7 Å². The summed E-state index contributed by atoms with van der Waals surface area (Å²) in [5, 5.41) is 0. The largest absolute Gasteiger partial charge is 0.326 e. The van der Waals surface area contributed by atoms with E-state index in [0.29, 0.717) is 28.3 Å². The minimum Gasteiger partial charge on any atom is -0.326 e. The van der Waals surface area contributed by atoms with Crippen LogP contribution >= 0.6 is 27.3 Å². The highest BCUT2D eigenvalue weighted by Crippen LogP contribution is 2.36. The predicted octanol–water partition coefficient (Wildman–Crippen LogP) is 3.17. The first kappa shape index (κ1) is 16.4. The number of rotatable bonds is 3. The summed E-state index contributed by atoms with van der Waals surface area (Å²) in [5.41, 5.74) is 5.82. The van der Waals surface area contributed by atoms with Crippen LogP contribution in [0, 0.1) is 5.41 Å². The summed E-state index contributed by atoms with van der Waals surface area (Å²) in [6, 6.07) is 1.69. The monoisotopic (exact) mass is 380 g/mol. The molecule has 0 spiro atoms. The van der Waals surface area contributed by atoms with Gasteiger partial charge in [-0.2, -0.15) is 4.31 Å². The number of thiophene rings is 1. The first-order chi connectivity index (χ1) is 9.26. The van der Waals surface area contributed by atoms with Crippen LogP contribution in [0.4, 0.5) is 0 Å². The van der Waals surface area contributed by atoms with Gasteiger partial charge in [0.1, 0.15) is 4.90 Å². The average Bonchev–Trinajstić information content (AvgIpc) is 2.64.